The van der Waals surface area contributed by atoms with Crippen LogP contribution in [0.25, 0.3) is 11.1 Å². The molecule has 0 N–H and O–H groups in total. The van der Waals surface area contributed by atoms with Crippen LogP contribution in [0.2, 0.25) is 5.02 Å². The van der Waals surface area contributed by atoms with E-state index in [1.807, 2.05) is 32.0 Å². The van der Waals surface area contributed by atoms with E-state index in [4.69, 9.17) is 25.8 Å². The Bertz CT molecular complexity index is 1170. The molecular weight excluding hydrogens is 482 g/mol. The van der Waals surface area contributed by atoms with Crippen molar-refractivity contribution in [3.63, 3.8) is 0 Å². The molecule has 2 aliphatic rings. The number of hydrogen-bond donors (Lipinski definition) is 0. The predicted molar refractivity (Wildman–Crippen MR) is 153 cm³/mol. The average Bonchev–Trinajstić information content (AvgIpc) is 3.46. The van der Waals surface area contributed by atoms with Gasteiger partial charge in [-0.05, 0) is 91.4 Å². The molecule has 2 aliphatic heterocycles. The van der Waals surface area contributed by atoms with Crippen molar-refractivity contribution in [3.8, 4) is 28.4 Å². The molecule has 0 amide bonds. The number of benzene rings is 3. The zero-order chi connectivity index (χ0) is 26.2. The van der Waals surface area contributed by atoms with E-state index in [0.29, 0.717) is 24.0 Å². The number of rotatable bonds is 8. The highest BCUT2D eigenvalue weighted by Crippen LogP contribution is 2.38. The highest BCUT2D eigenvalue weighted by molar-refractivity contribution is 6.32. The van der Waals surface area contributed by atoms with Crippen molar-refractivity contribution in [2.24, 2.45) is 0 Å². The van der Waals surface area contributed by atoms with Gasteiger partial charge in [0.2, 0.25) is 0 Å². The van der Waals surface area contributed by atoms with Gasteiger partial charge in [-0.15, -0.1) is 0 Å². The fourth-order valence-electron chi connectivity index (χ4n) is 4.95. The number of ether oxygens (including phenoxy) is 3. The summed E-state index contributed by atoms with van der Waals surface area (Å²) in [5.41, 5.74) is 5.83. The number of aryl methyl sites for hydroxylation is 1. The Kier molecular flexibility index (Phi) is 9.76. The monoisotopic (exact) mass is 521 g/mol. The highest BCUT2D eigenvalue weighted by Gasteiger charge is 2.23. The van der Waals surface area contributed by atoms with Crippen LogP contribution >= 0.6 is 11.6 Å². The van der Waals surface area contributed by atoms with Crippen molar-refractivity contribution < 1.29 is 14.2 Å². The van der Waals surface area contributed by atoms with Gasteiger partial charge in [-0.1, -0.05) is 62.7 Å². The summed E-state index contributed by atoms with van der Waals surface area (Å²) in [6.07, 6.45) is 4.68. The summed E-state index contributed by atoms with van der Waals surface area (Å²) in [6.45, 7) is 12.9. The molecule has 3 aromatic carbocycles. The Balaban J connectivity index is 0.00000156. The summed E-state index contributed by atoms with van der Waals surface area (Å²) in [5.74, 6) is 2.38. The molecule has 0 spiro atoms. The van der Waals surface area contributed by atoms with Gasteiger partial charge < -0.3 is 19.1 Å². The summed E-state index contributed by atoms with van der Waals surface area (Å²) < 4.78 is 18.5. The van der Waals surface area contributed by atoms with Gasteiger partial charge in [0, 0.05) is 13.0 Å². The zero-order valence-corrected chi connectivity index (χ0v) is 23.4. The van der Waals surface area contributed by atoms with E-state index in [0.717, 1.165) is 42.0 Å². The minimum absolute atomic E-state index is 0.100. The molecule has 1 saturated heterocycles. The van der Waals surface area contributed by atoms with Crippen LogP contribution in [0.3, 0.4) is 0 Å². The molecule has 0 radical (unpaired) electrons. The lowest BCUT2D eigenvalue weighted by Crippen LogP contribution is -2.33. The number of likely N-dealkylation sites (tertiary alicyclic amines) is 1. The molecule has 4 nitrogen and oxygen atoms in total. The maximum absolute atomic E-state index is 6.43. The van der Waals surface area contributed by atoms with Crippen molar-refractivity contribution in [1.29, 1.82) is 0 Å². The van der Waals surface area contributed by atoms with Crippen molar-refractivity contribution in [3.05, 3.63) is 76.3 Å². The molecule has 2 heterocycles. The Hall–Kier alpha value is -2.69. The molecular formula is C32H40ClNO3. The minimum Gasteiger partial charge on any atom is -0.487 e. The topological polar surface area (TPSA) is 30.9 Å². The summed E-state index contributed by atoms with van der Waals surface area (Å²) in [4.78, 5) is 2.53. The molecule has 1 fully saturated rings. The average molecular weight is 522 g/mol. The van der Waals surface area contributed by atoms with Crippen LogP contribution in [0.15, 0.2) is 54.6 Å². The minimum atomic E-state index is 0.100. The summed E-state index contributed by atoms with van der Waals surface area (Å²) in [5, 5.41) is 0.657. The second-order valence-electron chi connectivity index (χ2n) is 9.55. The van der Waals surface area contributed by atoms with E-state index in [-0.39, 0.29) is 6.10 Å². The van der Waals surface area contributed by atoms with Crippen molar-refractivity contribution in [1.82, 2.24) is 4.90 Å². The van der Waals surface area contributed by atoms with Gasteiger partial charge in [0.15, 0.2) is 11.5 Å². The third kappa shape index (κ3) is 6.80. The molecule has 0 saturated carbocycles. The number of nitrogens with zero attached hydrogens (tertiary/aromatic N) is 1. The smallest absolute Gasteiger partial charge is 0.162 e. The van der Waals surface area contributed by atoms with Crippen LogP contribution in [-0.2, 0) is 13.0 Å². The molecule has 37 heavy (non-hydrogen) atoms. The SMILES string of the molecule is CC.CCc1ccc(OCc2cccc(-c3ccc4c(c3)OC(CCN3CCCC3)CO4)c2C)c(Cl)c1. The van der Waals surface area contributed by atoms with E-state index in [1.165, 1.54) is 42.6 Å². The first kappa shape index (κ1) is 27.3. The maximum atomic E-state index is 6.43. The van der Waals surface area contributed by atoms with E-state index < -0.39 is 0 Å². The lowest BCUT2D eigenvalue weighted by molar-refractivity contribution is 0.0774. The van der Waals surface area contributed by atoms with Gasteiger partial charge in [-0.3, -0.25) is 0 Å². The third-order valence-electron chi connectivity index (χ3n) is 7.17. The molecule has 1 unspecified atom stereocenters. The molecule has 0 bridgehead atoms. The van der Waals surface area contributed by atoms with Crippen LogP contribution in [0, 0.1) is 6.92 Å². The quantitative estimate of drug-likeness (QED) is 0.299. The Morgan fingerprint density at radius 1 is 1.00 bits per heavy atom. The first-order valence-electron chi connectivity index (χ1n) is 13.8. The zero-order valence-electron chi connectivity index (χ0n) is 22.7. The van der Waals surface area contributed by atoms with Gasteiger partial charge in [-0.2, -0.15) is 0 Å². The van der Waals surface area contributed by atoms with Crippen LogP contribution in [0.4, 0.5) is 0 Å². The largest absolute Gasteiger partial charge is 0.487 e. The van der Waals surface area contributed by atoms with Gasteiger partial charge >= 0.3 is 0 Å². The predicted octanol–water partition coefficient (Wildman–Crippen LogP) is 8.11. The van der Waals surface area contributed by atoms with Crippen molar-refractivity contribution in [2.75, 3.05) is 26.2 Å². The van der Waals surface area contributed by atoms with Crippen LogP contribution < -0.4 is 14.2 Å². The first-order valence-corrected chi connectivity index (χ1v) is 14.1. The van der Waals surface area contributed by atoms with Gasteiger partial charge in [0.1, 0.15) is 25.1 Å². The lowest BCUT2D eigenvalue weighted by atomic mass is 9.96. The van der Waals surface area contributed by atoms with Crippen LogP contribution in [0.1, 0.15) is 56.7 Å². The van der Waals surface area contributed by atoms with E-state index >= 15 is 0 Å². The van der Waals surface area contributed by atoms with Gasteiger partial charge in [-0.25, -0.2) is 0 Å². The number of fused-ring (bicyclic) bond motifs is 1. The third-order valence-corrected chi connectivity index (χ3v) is 7.47. The molecule has 0 aromatic heterocycles. The molecule has 1 atom stereocenters. The van der Waals surface area contributed by atoms with Crippen LogP contribution in [-0.4, -0.2) is 37.2 Å². The summed E-state index contributed by atoms with van der Waals surface area (Å²) in [7, 11) is 0. The standard InChI is InChI=1S/C30H34ClNO3.C2H6/c1-3-22-9-11-28(27(31)17-22)33-19-24-7-6-8-26(21(24)2)23-10-12-29-30(18-23)35-25(20-34-29)13-16-32-14-4-5-15-32;1-2/h6-12,17-18,25H,3-5,13-16,19-20H2,1-2H3;1-2H3. The van der Waals surface area contributed by atoms with E-state index in [1.54, 1.807) is 0 Å². The summed E-state index contributed by atoms with van der Waals surface area (Å²) in [6, 6.07) is 18.6. The Labute approximate surface area is 227 Å². The first-order chi connectivity index (χ1) is 18.1. The van der Waals surface area contributed by atoms with Crippen molar-refractivity contribution in [2.45, 2.75) is 66.1 Å². The fourth-order valence-corrected chi connectivity index (χ4v) is 5.21. The summed E-state index contributed by atoms with van der Waals surface area (Å²) >= 11 is 6.43. The molecule has 3 aromatic rings. The molecule has 198 valence electrons. The normalized spacial score (nSPS) is 16.7. The second-order valence-corrected chi connectivity index (χ2v) is 9.95. The molecule has 5 rings (SSSR count). The fraction of sp³-hybridized carbons (Fsp3) is 0.438. The Morgan fingerprint density at radius 2 is 1.81 bits per heavy atom. The maximum Gasteiger partial charge on any atom is 0.162 e. The molecule has 0 aliphatic carbocycles. The van der Waals surface area contributed by atoms with E-state index in [9.17, 15) is 0 Å². The number of hydrogen-bond acceptors (Lipinski definition) is 4. The lowest BCUT2D eigenvalue weighted by Gasteiger charge is -2.28. The van der Waals surface area contributed by atoms with E-state index in [2.05, 4.69) is 55.1 Å². The van der Waals surface area contributed by atoms with Gasteiger partial charge in [0.25, 0.3) is 0 Å². The van der Waals surface area contributed by atoms with Crippen molar-refractivity contribution >= 4 is 11.6 Å². The second kappa shape index (κ2) is 13.2. The van der Waals surface area contributed by atoms with Gasteiger partial charge in [0.05, 0.1) is 5.02 Å². The molecule has 5 heteroatoms. The number of halogens is 1. The highest BCUT2D eigenvalue weighted by atomic mass is 35.5. The Morgan fingerprint density at radius 3 is 2.57 bits per heavy atom. The van der Waals surface area contributed by atoms with Crippen LogP contribution in [0.5, 0.6) is 17.2 Å².